The van der Waals surface area contributed by atoms with E-state index in [9.17, 15) is 4.79 Å². The van der Waals surface area contributed by atoms with E-state index in [-0.39, 0.29) is 18.6 Å². The van der Waals surface area contributed by atoms with Crippen molar-refractivity contribution >= 4 is 5.91 Å². The van der Waals surface area contributed by atoms with Crippen LogP contribution in [0.2, 0.25) is 0 Å². The number of hydrogen-bond acceptors (Lipinski definition) is 4. The molecule has 1 fully saturated rings. The van der Waals surface area contributed by atoms with E-state index in [0.29, 0.717) is 12.1 Å². The van der Waals surface area contributed by atoms with Crippen molar-refractivity contribution in [2.45, 2.75) is 31.3 Å². The number of rotatable bonds is 5. The molecule has 1 heterocycles. The van der Waals surface area contributed by atoms with E-state index in [0.717, 1.165) is 19.3 Å². The molecule has 0 aliphatic heterocycles. The number of aromatic nitrogens is 2. The van der Waals surface area contributed by atoms with Gasteiger partial charge < -0.3 is 15.7 Å². The fourth-order valence-electron chi connectivity index (χ4n) is 2.20. The topological polar surface area (TPSA) is 84.4 Å². The van der Waals surface area contributed by atoms with Crippen LogP contribution in [0, 0.1) is 0 Å². The molecular formula is C12H20N4O2. The molecule has 1 aromatic heterocycles. The monoisotopic (exact) mass is 252 g/mol. The first-order valence-corrected chi connectivity index (χ1v) is 6.29. The van der Waals surface area contributed by atoms with Crippen LogP contribution in [0.1, 0.15) is 30.9 Å². The van der Waals surface area contributed by atoms with Crippen LogP contribution in [0.15, 0.2) is 12.4 Å². The van der Waals surface area contributed by atoms with Gasteiger partial charge in [0.15, 0.2) is 0 Å². The number of aliphatic hydroxyl groups excluding tert-OH is 1. The van der Waals surface area contributed by atoms with Gasteiger partial charge in [-0.1, -0.05) is 0 Å². The molecule has 0 aromatic carbocycles. The molecule has 1 atom stereocenters. The van der Waals surface area contributed by atoms with E-state index >= 15 is 0 Å². The lowest BCUT2D eigenvalue weighted by molar-refractivity contribution is -0.137. The van der Waals surface area contributed by atoms with Crippen molar-refractivity contribution in [1.29, 1.82) is 0 Å². The number of amides is 1. The van der Waals surface area contributed by atoms with Gasteiger partial charge in [-0.05, 0) is 19.3 Å². The average molecular weight is 252 g/mol. The summed E-state index contributed by atoms with van der Waals surface area (Å²) in [5, 5.41) is 13.1. The highest BCUT2D eigenvalue weighted by Crippen LogP contribution is 2.26. The third kappa shape index (κ3) is 2.54. The maximum atomic E-state index is 12.3. The van der Waals surface area contributed by atoms with Gasteiger partial charge in [-0.3, -0.25) is 9.48 Å². The quantitative estimate of drug-likeness (QED) is 0.759. The first-order valence-electron chi connectivity index (χ1n) is 6.29. The summed E-state index contributed by atoms with van der Waals surface area (Å²) in [4.78, 5) is 14.0. The molecule has 2 rings (SSSR count). The Morgan fingerprint density at radius 3 is 2.89 bits per heavy atom. The largest absolute Gasteiger partial charge is 0.395 e. The predicted octanol–water partition coefficient (Wildman–Crippen LogP) is -0.207. The Morgan fingerprint density at radius 1 is 1.72 bits per heavy atom. The van der Waals surface area contributed by atoms with E-state index in [4.69, 9.17) is 10.8 Å². The summed E-state index contributed by atoms with van der Waals surface area (Å²) in [6.45, 7) is 0.333. The minimum absolute atomic E-state index is 0.0258. The van der Waals surface area contributed by atoms with E-state index < -0.39 is 6.04 Å². The lowest BCUT2D eigenvalue weighted by Crippen LogP contribution is -2.49. The van der Waals surface area contributed by atoms with Gasteiger partial charge in [0.2, 0.25) is 5.91 Å². The molecular weight excluding hydrogens is 232 g/mol. The van der Waals surface area contributed by atoms with Gasteiger partial charge in [0, 0.05) is 31.4 Å². The minimum atomic E-state index is -0.689. The molecule has 1 saturated carbocycles. The zero-order valence-corrected chi connectivity index (χ0v) is 10.6. The molecule has 0 radical (unpaired) electrons. The van der Waals surface area contributed by atoms with E-state index in [2.05, 4.69) is 5.10 Å². The second kappa shape index (κ2) is 5.49. The number of aliphatic hydroxyl groups is 1. The number of carbonyl (C=O) groups excluding carboxylic acids is 1. The molecule has 0 spiro atoms. The number of aryl methyl sites for hydroxylation is 1. The molecule has 100 valence electrons. The van der Waals surface area contributed by atoms with Crippen LogP contribution < -0.4 is 5.73 Å². The number of carbonyl (C=O) groups is 1. The van der Waals surface area contributed by atoms with Crippen LogP contribution >= 0.6 is 0 Å². The summed E-state index contributed by atoms with van der Waals surface area (Å²) in [5.74, 6) is -0.123. The standard InChI is InChI=1S/C12H20N4O2/c1-15-8-9(7-14-15)11(13)12(18)16(5-6-17)10-3-2-4-10/h7-8,10-11,17H,2-6,13H2,1H3. The van der Waals surface area contributed by atoms with Crippen LogP contribution in [-0.4, -0.2) is 44.9 Å². The maximum absolute atomic E-state index is 12.3. The Morgan fingerprint density at radius 2 is 2.44 bits per heavy atom. The predicted molar refractivity (Wildman–Crippen MR) is 66.6 cm³/mol. The van der Waals surface area contributed by atoms with Crippen LogP contribution in [0.25, 0.3) is 0 Å². The van der Waals surface area contributed by atoms with Gasteiger partial charge in [0.1, 0.15) is 6.04 Å². The fourth-order valence-corrected chi connectivity index (χ4v) is 2.20. The van der Waals surface area contributed by atoms with E-state index in [1.807, 2.05) is 0 Å². The van der Waals surface area contributed by atoms with E-state index in [1.54, 1.807) is 29.0 Å². The zero-order chi connectivity index (χ0) is 13.1. The summed E-state index contributed by atoms with van der Waals surface area (Å²) in [5.41, 5.74) is 6.69. The Hall–Kier alpha value is -1.40. The third-order valence-electron chi connectivity index (χ3n) is 3.49. The van der Waals surface area contributed by atoms with Crippen LogP contribution in [0.3, 0.4) is 0 Å². The Bertz CT molecular complexity index is 414. The van der Waals surface area contributed by atoms with Crippen LogP contribution in [0.4, 0.5) is 0 Å². The van der Waals surface area contributed by atoms with Gasteiger partial charge in [-0.15, -0.1) is 0 Å². The van der Waals surface area contributed by atoms with Crippen molar-refractivity contribution in [3.05, 3.63) is 18.0 Å². The summed E-state index contributed by atoms with van der Waals surface area (Å²) in [7, 11) is 1.79. The lowest BCUT2D eigenvalue weighted by atomic mass is 9.90. The highest BCUT2D eigenvalue weighted by Gasteiger charge is 2.31. The highest BCUT2D eigenvalue weighted by atomic mass is 16.3. The normalized spacial score (nSPS) is 17.3. The van der Waals surface area contributed by atoms with Gasteiger partial charge in [0.25, 0.3) is 0 Å². The van der Waals surface area contributed by atoms with Gasteiger partial charge in [-0.25, -0.2) is 0 Å². The maximum Gasteiger partial charge on any atom is 0.244 e. The molecule has 1 aliphatic rings. The first-order chi connectivity index (χ1) is 8.63. The van der Waals surface area contributed by atoms with Crippen LogP contribution in [-0.2, 0) is 11.8 Å². The van der Waals surface area contributed by atoms with Crippen molar-refractivity contribution in [3.63, 3.8) is 0 Å². The summed E-state index contributed by atoms with van der Waals surface area (Å²) in [6.07, 6.45) is 6.51. The Balaban J connectivity index is 2.07. The first kappa shape index (κ1) is 13.0. The van der Waals surface area contributed by atoms with Crippen molar-refractivity contribution in [3.8, 4) is 0 Å². The van der Waals surface area contributed by atoms with Gasteiger partial charge in [-0.2, -0.15) is 5.10 Å². The minimum Gasteiger partial charge on any atom is -0.395 e. The SMILES string of the molecule is Cn1cc(C(N)C(=O)N(CCO)C2CCC2)cn1. The van der Waals surface area contributed by atoms with Crippen molar-refractivity contribution in [2.24, 2.45) is 12.8 Å². The second-order valence-corrected chi connectivity index (χ2v) is 4.76. The molecule has 18 heavy (non-hydrogen) atoms. The average Bonchev–Trinajstić information content (AvgIpc) is 2.71. The summed E-state index contributed by atoms with van der Waals surface area (Å²) in [6, 6.07) is -0.446. The summed E-state index contributed by atoms with van der Waals surface area (Å²) < 4.78 is 1.63. The summed E-state index contributed by atoms with van der Waals surface area (Å²) >= 11 is 0. The molecule has 1 aromatic rings. The molecule has 0 saturated heterocycles. The van der Waals surface area contributed by atoms with Crippen molar-refractivity contribution < 1.29 is 9.90 Å². The van der Waals surface area contributed by atoms with Crippen molar-refractivity contribution in [1.82, 2.24) is 14.7 Å². The molecule has 1 aliphatic carbocycles. The Labute approximate surface area is 106 Å². The molecule has 3 N–H and O–H groups in total. The second-order valence-electron chi connectivity index (χ2n) is 4.76. The molecule has 0 bridgehead atoms. The molecule has 1 amide bonds. The number of nitrogens with two attached hydrogens (primary N) is 1. The van der Waals surface area contributed by atoms with Crippen molar-refractivity contribution in [2.75, 3.05) is 13.2 Å². The number of nitrogens with zero attached hydrogens (tertiary/aromatic N) is 3. The fraction of sp³-hybridized carbons (Fsp3) is 0.667. The Kier molecular flexibility index (Phi) is 3.98. The zero-order valence-electron chi connectivity index (χ0n) is 10.6. The van der Waals surface area contributed by atoms with Gasteiger partial charge >= 0.3 is 0 Å². The molecule has 6 heteroatoms. The van der Waals surface area contributed by atoms with Crippen LogP contribution in [0.5, 0.6) is 0 Å². The lowest BCUT2D eigenvalue weighted by Gasteiger charge is -2.38. The third-order valence-corrected chi connectivity index (χ3v) is 3.49. The molecule has 6 nitrogen and oxygen atoms in total. The van der Waals surface area contributed by atoms with Gasteiger partial charge in [0.05, 0.1) is 12.8 Å². The molecule has 1 unspecified atom stereocenters. The number of hydrogen-bond donors (Lipinski definition) is 2. The highest BCUT2D eigenvalue weighted by molar-refractivity contribution is 5.83. The van der Waals surface area contributed by atoms with E-state index in [1.165, 1.54) is 0 Å². The smallest absolute Gasteiger partial charge is 0.244 e.